The number of rotatable bonds is 58. The van der Waals surface area contributed by atoms with Gasteiger partial charge in [0.05, 0.1) is 33.8 Å². The summed E-state index contributed by atoms with van der Waals surface area (Å²) in [6, 6.07) is -0.865. The molecule has 0 saturated carbocycles. The Balaban J connectivity index is 5.11. The van der Waals surface area contributed by atoms with Crippen molar-refractivity contribution in [2.45, 2.75) is 290 Å². The van der Waals surface area contributed by atoms with Crippen molar-refractivity contribution in [2.75, 3.05) is 40.9 Å². The van der Waals surface area contributed by atoms with Gasteiger partial charge in [-0.05, 0) is 96.0 Å². The van der Waals surface area contributed by atoms with Gasteiger partial charge in [-0.25, -0.2) is 4.57 Å². The van der Waals surface area contributed by atoms with E-state index in [0.29, 0.717) is 17.4 Å². The van der Waals surface area contributed by atoms with Crippen molar-refractivity contribution in [1.29, 1.82) is 0 Å². The van der Waals surface area contributed by atoms with E-state index in [2.05, 4.69) is 111 Å². The second kappa shape index (κ2) is 58.1. The number of amides is 1. The van der Waals surface area contributed by atoms with E-state index in [0.717, 1.165) is 103 Å². The van der Waals surface area contributed by atoms with Gasteiger partial charge in [0.2, 0.25) is 5.91 Å². The SMILES string of the molecule is CC/C=C/C=C/C=C\CCCCCCCC(=O)NC(COP(=O)(O)OCC[N+](C)(C)C)C(/C=C\CCCCCCCCCCCCC)OC(=O)CCCCCCCCCCCCC/C=C\C/C=C\C/C=C\C/C=C\CCCCC. The second-order valence-electron chi connectivity index (χ2n) is 23.0. The summed E-state index contributed by atoms with van der Waals surface area (Å²) in [5.41, 5.74) is 0. The Morgan fingerprint density at radius 3 is 1.34 bits per heavy atom. The number of carbonyl (C=O) groups excluding carboxylic acids is 2. The molecule has 0 rings (SSSR count). The number of nitrogens with one attached hydrogen (secondary N) is 1. The van der Waals surface area contributed by atoms with Crippen molar-refractivity contribution < 1.29 is 37.3 Å². The fraction of sp³-hybridized carbons (Fsp3) is 0.739. The molecular formula is C69H124N2O7P+. The van der Waals surface area contributed by atoms with Crippen LogP contribution in [0, 0.1) is 0 Å². The van der Waals surface area contributed by atoms with E-state index in [4.69, 9.17) is 13.8 Å². The first kappa shape index (κ1) is 75.9. The normalized spacial score (nSPS) is 14.3. The Morgan fingerprint density at radius 2 is 0.861 bits per heavy atom. The van der Waals surface area contributed by atoms with Crippen LogP contribution in [0.1, 0.15) is 278 Å². The minimum Gasteiger partial charge on any atom is -0.456 e. The van der Waals surface area contributed by atoms with E-state index in [1.54, 1.807) is 0 Å². The standard InChI is InChI=1S/C69H123N2O7P/c1-7-10-13-16-19-22-25-28-29-30-31-32-33-34-35-36-37-38-39-40-41-44-47-50-53-56-59-62-69(73)78-67(60-57-54-51-48-45-42-26-23-20-17-14-11-8-2)66(65-77-79(74,75)76-64-63-71(4,5)6)70-68(72)61-58-55-52-49-46-43-27-24-21-18-15-12-9-3/h12,15,18-19,21-22,24,27-29,31-32,34-35,57,60,66-67H,7-11,13-14,16-17,20,23,25-26,30,33,36-56,58-59,61-65H2,1-6H3,(H-,70,72,74,75)/p+1/b15-12+,21-18+,22-19-,27-24-,29-28-,32-31-,35-34-,60-57-. The summed E-state index contributed by atoms with van der Waals surface area (Å²) >= 11 is 0. The lowest BCUT2D eigenvalue weighted by Crippen LogP contribution is -2.47. The highest BCUT2D eigenvalue weighted by Gasteiger charge is 2.30. The third kappa shape index (κ3) is 59.4. The summed E-state index contributed by atoms with van der Waals surface area (Å²) < 4.78 is 30.7. The number of nitrogens with zero attached hydrogens (tertiary/aromatic N) is 1. The van der Waals surface area contributed by atoms with Gasteiger partial charge in [-0.1, -0.05) is 266 Å². The molecule has 0 aromatic carbocycles. The lowest BCUT2D eigenvalue weighted by atomic mass is 10.0. The molecule has 0 heterocycles. The molecule has 0 aliphatic rings. The van der Waals surface area contributed by atoms with Crippen LogP contribution in [0.15, 0.2) is 97.2 Å². The highest BCUT2D eigenvalue weighted by atomic mass is 31.2. The van der Waals surface area contributed by atoms with Gasteiger partial charge < -0.3 is 19.4 Å². The number of quaternary nitrogens is 1. The van der Waals surface area contributed by atoms with Gasteiger partial charge in [-0.2, -0.15) is 0 Å². The van der Waals surface area contributed by atoms with Crippen molar-refractivity contribution in [3.8, 4) is 0 Å². The zero-order chi connectivity index (χ0) is 57.9. The number of allylic oxidation sites excluding steroid dienone is 15. The molecular weight excluding hydrogens is 1000 g/mol. The fourth-order valence-electron chi connectivity index (χ4n) is 9.04. The number of carbonyl (C=O) groups is 2. The van der Waals surface area contributed by atoms with Crippen molar-refractivity contribution in [1.82, 2.24) is 5.32 Å². The Hall–Kier alpha value is -3.07. The van der Waals surface area contributed by atoms with Crippen LogP contribution < -0.4 is 5.32 Å². The van der Waals surface area contributed by atoms with Crippen molar-refractivity contribution in [3.63, 3.8) is 0 Å². The predicted molar refractivity (Wildman–Crippen MR) is 341 cm³/mol. The quantitative estimate of drug-likeness (QED) is 0.0156. The molecule has 79 heavy (non-hydrogen) atoms. The largest absolute Gasteiger partial charge is 0.472 e. The van der Waals surface area contributed by atoms with Crippen molar-refractivity contribution in [2.24, 2.45) is 0 Å². The summed E-state index contributed by atoms with van der Waals surface area (Å²) in [7, 11) is 1.47. The first-order valence-electron chi connectivity index (χ1n) is 32.6. The molecule has 0 saturated heterocycles. The summed E-state index contributed by atoms with van der Waals surface area (Å²) in [6.45, 7) is 6.84. The molecule has 1 amide bonds. The van der Waals surface area contributed by atoms with Gasteiger partial charge in [0.1, 0.15) is 19.3 Å². The molecule has 2 N–H and O–H groups in total. The van der Waals surface area contributed by atoms with Gasteiger partial charge in [0, 0.05) is 12.8 Å². The smallest absolute Gasteiger partial charge is 0.456 e. The van der Waals surface area contributed by atoms with E-state index in [1.165, 1.54) is 141 Å². The Morgan fingerprint density at radius 1 is 0.468 bits per heavy atom. The van der Waals surface area contributed by atoms with Gasteiger partial charge >= 0.3 is 13.8 Å². The lowest BCUT2D eigenvalue weighted by Gasteiger charge is -2.27. The van der Waals surface area contributed by atoms with Crippen LogP contribution in [0.5, 0.6) is 0 Å². The van der Waals surface area contributed by atoms with E-state index >= 15 is 0 Å². The molecule has 0 aliphatic carbocycles. The Bertz CT molecular complexity index is 1670. The third-order valence-corrected chi connectivity index (χ3v) is 15.1. The minimum atomic E-state index is -4.46. The summed E-state index contributed by atoms with van der Waals surface area (Å²) in [5, 5.41) is 3.04. The van der Waals surface area contributed by atoms with Crippen LogP contribution in [0.2, 0.25) is 0 Å². The monoisotopic (exact) mass is 1120 g/mol. The molecule has 0 radical (unpaired) electrons. The second-order valence-corrected chi connectivity index (χ2v) is 24.4. The number of likely N-dealkylation sites (N-methyl/N-ethyl adjacent to an activating group) is 1. The summed E-state index contributed by atoms with van der Waals surface area (Å²) in [5.74, 6) is -0.533. The fourth-order valence-corrected chi connectivity index (χ4v) is 9.78. The van der Waals surface area contributed by atoms with Crippen LogP contribution in [0.4, 0.5) is 0 Å². The average Bonchev–Trinajstić information content (AvgIpc) is 3.41. The summed E-state index contributed by atoms with van der Waals surface area (Å²) in [6.07, 6.45) is 78.4. The minimum absolute atomic E-state index is 0.0316. The predicted octanol–water partition coefficient (Wildman–Crippen LogP) is 20.3. The molecule has 3 unspecified atom stereocenters. The molecule has 3 atom stereocenters. The maximum absolute atomic E-state index is 13.5. The van der Waals surface area contributed by atoms with E-state index < -0.39 is 20.0 Å². The molecule has 0 spiro atoms. The molecule has 456 valence electrons. The molecule has 0 fully saturated rings. The van der Waals surface area contributed by atoms with Crippen molar-refractivity contribution >= 4 is 19.7 Å². The maximum Gasteiger partial charge on any atom is 0.472 e. The lowest BCUT2D eigenvalue weighted by molar-refractivity contribution is -0.870. The zero-order valence-electron chi connectivity index (χ0n) is 52.1. The number of unbranched alkanes of at least 4 members (excludes halogenated alkanes) is 30. The number of hydrogen-bond donors (Lipinski definition) is 2. The first-order valence-corrected chi connectivity index (χ1v) is 34.1. The molecule has 9 nitrogen and oxygen atoms in total. The topological polar surface area (TPSA) is 111 Å². The first-order chi connectivity index (χ1) is 38.4. The number of hydrogen-bond acceptors (Lipinski definition) is 6. The van der Waals surface area contributed by atoms with Gasteiger partial charge in [0.15, 0.2) is 0 Å². The number of ether oxygens (including phenoxy) is 1. The third-order valence-electron chi connectivity index (χ3n) is 14.1. The molecule has 0 aromatic rings. The van der Waals surface area contributed by atoms with Crippen molar-refractivity contribution in [3.05, 3.63) is 97.2 Å². The Kier molecular flexibility index (Phi) is 55.9. The van der Waals surface area contributed by atoms with E-state index in [1.807, 2.05) is 33.3 Å². The van der Waals surface area contributed by atoms with Crippen LogP contribution in [-0.2, 0) is 27.9 Å². The highest BCUT2D eigenvalue weighted by Crippen LogP contribution is 2.43. The summed E-state index contributed by atoms with van der Waals surface area (Å²) in [4.78, 5) is 37.7. The number of phosphoric acid groups is 1. The van der Waals surface area contributed by atoms with Crippen LogP contribution in [-0.4, -0.2) is 74.3 Å². The molecule has 10 heteroatoms. The van der Waals surface area contributed by atoms with Gasteiger partial charge in [-0.3, -0.25) is 18.6 Å². The van der Waals surface area contributed by atoms with Crippen LogP contribution in [0.25, 0.3) is 0 Å². The molecule has 0 aromatic heterocycles. The zero-order valence-corrected chi connectivity index (χ0v) is 53.0. The van der Waals surface area contributed by atoms with Crippen LogP contribution >= 0.6 is 7.82 Å². The Labute approximate surface area is 488 Å². The molecule has 0 bridgehead atoms. The van der Waals surface area contributed by atoms with Gasteiger partial charge in [0.25, 0.3) is 0 Å². The average molecular weight is 1120 g/mol. The van der Waals surface area contributed by atoms with E-state index in [-0.39, 0.29) is 31.5 Å². The maximum atomic E-state index is 13.5. The van der Waals surface area contributed by atoms with Crippen LogP contribution in [0.3, 0.4) is 0 Å². The van der Waals surface area contributed by atoms with Gasteiger partial charge in [-0.15, -0.1) is 0 Å². The highest BCUT2D eigenvalue weighted by molar-refractivity contribution is 7.47. The number of esters is 1. The number of phosphoric ester groups is 1. The van der Waals surface area contributed by atoms with E-state index in [9.17, 15) is 19.0 Å². The molecule has 0 aliphatic heterocycles.